The monoisotopic (exact) mass is 642 g/mol. The van der Waals surface area contributed by atoms with Gasteiger partial charge < -0.3 is 4.57 Å². The zero-order valence-corrected chi connectivity index (χ0v) is 26.4. The highest BCUT2D eigenvalue weighted by atomic mass is 79.9. The van der Waals surface area contributed by atoms with Crippen LogP contribution in [0.25, 0.3) is 72.2 Å². The van der Waals surface area contributed by atoms with E-state index in [2.05, 4.69) is 150 Å². The van der Waals surface area contributed by atoms with Gasteiger partial charge in [0.15, 0.2) is 0 Å². The lowest BCUT2D eigenvalue weighted by Gasteiger charge is -2.21. The normalized spacial score (nSPS) is 13.4. The van der Waals surface area contributed by atoms with E-state index in [-0.39, 0.29) is 5.41 Å². The number of hydrogen-bond acceptors (Lipinski definition) is 3. The second kappa shape index (κ2) is 9.68. The number of hydrogen-bond donors (Lipinski definition) is 0. The summed E-state index contributed by atoms with van der Waals surface area (Å²) in [5.74, 6) is 0. The number of pyridine rings is 1. The van der Waals surface area contributed by atoms with Gasteiger partial charge in [0, 0.05) is 54.6 Å². The van der Waals surface area contributed by atoms with Gasteiger partial charge in [-0.2, -0.15) is 0 Å². The molecule has 0 fully saturated rings. The van der Waals surface area contributed by atoms with Crippen molar-refractivity contribution in [1.82, 2.24) is 19.5 Å². The molecule has 5 aromatic carbocycles. The molecule has 0 unspecified atom stereocenters. The molecule has 1 aliphatic carbocycles. The van der Waals surface area contributed by atoms with Crippen LogP contribution >= 0.6 is 15.9 Å². The van der Waals surface area contributed by atoms with Crippen LogP contribution in [0.2, 0.25) is 0 Å². The number of fused-ring (bicyclic) bond motifs is 7. The number of nitrogens with zero attached hydrogens (tertiary/aromatic N) is 4. The van der Waals surface area contributed by atoms with Gasteiger partial charge in [0.05, 0.1) is 39.3 Å². The first-order valence-corrected chi connectivity index (χ1v) is 16.0. The molecule has 1 aliphatic rings. The first-order valence-electron chi connectivity index (χ1n) is 15.2. The van der Waals surface area contributed by atoms with E-state index in [0.717, 1.165) is 71.6 Å². The van der Waals surface area contributed by atoms with Crippen molar-refractivity contribution in [2.75, 3.05) is 0 Å². The molecule has 0 amide bonds. The standard InChI is InChI=1S/C40H27BrN4/c1-40(2)30-18-8-6-14-27(30)38-39(40)44-37(36(43-38)26-21-22-31(41)35-25(26)17-11-23-42-35)29-16-10-20-33-34(29)28-15-7-9-19-32(28)45(33)24-12-4-3-5-13-24/h3-23H,1-2H3. The van der Waals surface area contributed by atoms with Crippen LogP contribution in [0.4, 0.5) is 0 Å². The van der Waals surface area contributed by atoms with Crippen molar-refractivity contribution in [3.8, 4) is 39.5 Å². The summed E-state index contributed by atoms with van der Waals surface area (Å²) in [5.41, 5.74) is 12.2. The molecule has 5 heteroatoms. The molecule has 0 saturated heterocycles. The van der Waals surface area contributed by atoms with Crippen molar-refractivity contribution < 1.29 is 0 Å². The lowest BCUT2D eigenvalue weighted by atomic mass is 9.85. The molecule has 0 bridgehead atoms. The molecule has 0 spiro atoms. The van der Waals surface area contributed by atoms with Crippen LogP contribution in [0, 0.1) is 0 Å². The summed E-state index contributed by atoms with van der Waals surface area (Å²) in [4.78, 5) is 15.9. The molecule has 45 heavy (non-hydrogen) atoms. The highest BCUT2D eigenvalue weighted by Gasteiger charge is 2.39. The largest absolute Gasteiger partial charge is 0.309 e. The summed E-state index contributed by atoms with van der Waals surface area (Å²) in [7, 11) is 0. The Balaban J connectivity index is 1.44. The SMILES string of the molecule is CC1(C)c2ccccc2-c2nc(-c3ccc(Br)c4ncccc34)c(-c3cccc4c3c3ccccc3n4-c3ccccc3)nc21. The minimum absolute atomic E-state index is 0.290. The summed E-state index contributed by atoms with van der Waals surface area (Å²) in [6.07, 6.45) is 1.84. The predicted octanol–water partition coefficient (Wildman–Crippen LogP) is 10.5. The molecule has 8 aromatic rings. The van der Waals surface area contributed by atoms with E-state index in [1.807, 2.05) is 12.3 Å². The molecule has 9 rings (SSSR count). The van der Waals surface area contributed by atoms with Gasteiger partial charge in [-0.3, -0.25) is 4.98 Å². The average molecular weight is 644 g/mol. The molecule has 214 valence electrons. The maximum atomic E-state index is 5.63. The van der Waals surface area contributed by atoms with Gasteiger partial charge in [-0.1, -0.05) is 98.8 Å². The minimum atomic E-state index is -0.290. The van der Waals surface area contributed by atoms with Gasteiger partial charge in [-0.25, -0.2) is 9.97 Å². The quantitative estimate of drug-likeness (QED) is 0.192. The summed E-state index contributed by atoms with van der Waals surface area (Å²) < 4.78 is 3.31. The maximum Gasteiger partial charge on any atom is 0.0980 e. The highest BCUT2D eigenvalue weighted by Crippen LogP contribution is 2.50. The van der Waals surface area contributed by atoms with Crippen molar-refractivity contribution in [1.29, 1.82) is 0 Å². The van der Waals surface area contributed by atoms with Gasteiger partial charge in [-0.05, 0) is 57.9 Å². The fraction of sp³-hybridized carbons (Fsp3) is 0.0750. The van der Waals surface area contributed by atoms with Crippen molar-refractivity contribution in [2.24, 2.45) is 0 Å². The Bertz CT molecular complexity index is 2480. The second-order valence-electron chi connectivity index (χ2n) is 12.2. The molecule has 4 nitrogen and oxygen atoms in total. The molecule has 0 saturated carbocycles. The number of halogens is 1. The van der Waals surface area contributed by atoms with Crippen LogP contribution in [-0.4, -0.2) is 19.5 Å². The molecule has 0 atom stereocenters. The molecule has 0 N–H and O–H groups in total. The Kier molecular flexibility index (Phi) is 5.66. The van der Waals surface area contributed by atoms with E-state index in [4.69, 9.17) is 15.0 Å². The summed E-state index contributed by atoms with van der Waals surface area (Å²) in [6.45, 7) is 4.52. The van der Waals surface area contributed by atoms with E-state index in [1.165, 1.54) is 16.3 Å². The Labute approximate surface area is 269 Å². The topological polar surface area (TPSA) is 43.6 Å². The number of rotatable bonds is 3. The first kappa shape index (κ1) is 26.3. The van der Waals surface area contributed by atoms with Crippen LogP contribution in [-0.2, 0) is 5.41 Å². The van der Waals surface area contributed by atoms with Crippen LogP contribution in [0.3, 0.4) is 0 Å². The van der Waals surface area contributed by atoms with Gasteiger partial charge >= 0.3 is 0 Å². The Morgan fingerprint density at radius 2 is 1.29 bits per heavy atom. The number of aromatic nitrogens is 4. The second-order valence-corrected chi connectivity index (χ2v) is 13.0. The summed E-state index contributed by atoms with van der Waals surface area (Å²) in [6, 6.07) is 42.7. The van der Waals surface area contributed by atoms with E-state index >= 15 is 0 Å². The molecule has 0 radical (unpaired) electrons. The van der Waals surface area contributed by atoms with Gasteiger partial charge in [0.1, 0.15) is 0 Å². The predicted molar refractivity (Wildman–Crippen MR) is 188 cm³/mol. The van der Waals surface area contributed by atoms with Crippen LogP contribution in [0.5, 0.6) is 0 Å². The zero-order valence-electron chi connectivity index (χ0n) is 24.8. The van der Waals surface area contributed by atoms with Crippen LogP contribution in [0.1, 0.15) is 25.1 Å². The summed E-state index contributed by atoms with van der Waals surface area (Å²) in [5, 5.41) is 3.39. The third-order valence-corrected chi connectivity index (χ3v) is 9.93. The third-order valence-electron chi connectivity index (χ3n) is 9.29. The molecule has 3 heterocycles. The van der Waals surface area contributed by atoms with Crippen molar-refractivity contribution in [3.63, 3.8) is 0 Å². The van der Waals surface area contributed by atoms with Gasteiger partial charge in [0.2, 0.25) is 0 Å². The number of benzene rings is 5. The van der Waals surface area contributed by atoms with E-state index in [1.54, 1.807) is 0 Å². The highest BCUT2D eigenvalue weighted by molar-refractivity contribution is 9.10. The van der Waals surface area contributed by atoms with Crippen LogP contribution in [0.15, 0.2) is 132 Å². The molecular weight excluding hydrogens is 616 g/mol. The minimum Gasteiger partial charge on any atom is -0.309 e. The van der Waals surface area contributed by atoms with E-state index < -0.39 is 0 Å². The molecule has 0 aliphatic heterocycles. The zero-order chi connectivity index (χ0) is 30.3. The first-order chi connectivity index (χ1) is 22.0. The van der Waals surface area contributed by atoms with Crippen molar-refractivity contribution in [2.45, 2.75) is 19.3 Å². The molecule has 3 aromatic heterocycles. The number of para-hydroxylation sites is 2. The van der Waals surface area contributed by atoms with Crippen molar-refractivity contribution >= 4 is 48.6 Å². The van der Waals surface area contributed by atoms with E-state index in [0.29, 0.717) is 0 Å². The third kappa shape index (κ3) is 3.74. The fourth-order valence-electron chi connectivity index (χ4n) is 7.21. The lowest BCUT2D eigenvalue weighted by Crippen LogP contribution is -2.17. The Hall–Kier alpha value is -5.13. The maximum absolute atomic E-state index is 5.63. The van der Waals surface area contributed by atoms with Gasteiger partial charge in [0.25, 0.3) is 0 Å². The average Bonchev–Trinajstić information content (AvgIpc) is 3.54. The van der Waals surface area contributed by atoms with E-state index in [9.17, 15) is 0 Å². The Morgan fingerprint density at radius 3 is 2.18 bits per heavy atom. The lowest BCUT2D eigenvalue weighted by molar-refractivity contribution is 0.636. The molecular formula is C40H27BrN4. The smallest absolute Gasteiger partial charge is 0.0980 e. The summed E-state index contributed by atoms with van der Waals surface area (Å²) >= 11 is 3.74. The van der Waals surface area contributed by atoms with Gasteiger partial charge in [-0.15, -0.1) is 0 Å². The van der Waals surface area contributed by atoms with Crippen molar-refractivity contribution in [3.05, 3.63) is 143 Å². The van der Waals surface area contributed by atoms with Crippen LogP contribution < -0.4 is 0 Å². The fourth-order valence-corrected chi connectivity index (χ4v) is 7.66. The Morgan fingerprint density at radius 1 is 0.578 bits per heavy atom.